The maximum Gasteiger partial charge on any atom is 0.326 e. The van der Waals surface area contributed by atoms with E-state index in [0.29, 0.717) is 16.6 Å². The number of aliphatic carboxylic acids is 2. The highest BCUT2D eigenvalue weighted by Crippen LogP contribution is 2.30. The van der Waals surface area contributed by atoms with Crippen LogP contribution in [0, 0.1) is 0 Å². The summed E-state index contributed by atoms with van der Waals surface area (Å²) in [5.41, 5.74) is 7.07. The Hall–Kier alpha value is -4.41. The van der Waals surface area contributed by atoms with Gasteiger partial charge >= 0.3 is 11.9 Å². The van der Waals surface area contributed by atoms with Gasteiger partial charge in [-0.3, -0.25) is 19.4 Å². The normalized spacial score (nSPS) is 12.8. The van der Waals surface area contributed by atoms with Crippen LogP contribution in [0.2, 0.25) is 0 Å². The summed E-state index contributed by atoms with van der Waals surface area (Å²) in [7, 11) is 0. The number of carboxylic acids is 2. The van der Waals surface area contributed by atoms with Crippen LogP contribution < -0.4 is 16.6 Å². The predicted molar refractivity (Wildman–Crippen MR) is 115 cm³/mol. The molecule has 0 radical (unpaired) electrons. The molecule has 0 aliphatic heterocycles. The third kappa shape index (κ3) is 4.67. The number of aromatic nitrogens is 3. The smallest absolute Gasteiger partial charge is 0.326 e. The minimum absolute atomic E-state index is 0.00978. The number of rotatable bonds is 9. The Kier molecular flexibility index (Phi) is 6.38. The summed E-state index contributed by atoms with van der Waals surface area (Å²) >= 11 is 0. The number of benzene rings is 1. The van der Waals surface area contributed by atoms with Gasteiger partial charge in [0.1, 0.15) is 11.7 Å². The lowest BCUT2D eigenvalue weighted by Gasteiger charge is -2.15. The van der Waals surface area contributed by atoms with E-state index in [1.54, 1.807) is 24.4 Å². The van der Waals surface area contributed by atoms with Crippen molar-refractivity contribution in [3.63, 3.8) is 0 Å². The lowest BCUT2D eigenvalue weighted by Crippen LogP contribution is -2.41. The SMILES string of the molecule is C=CC(c1ccc(C(=O)N[C@@H](CCC(=O)O)C(=O)O)cc1)c1c[nH]c2nc(N)[nH]c(=O)c12. The number of allylic oxidation sites excluding steroid dienone is 1. The van der Waals surface area contributed by atoms with E-state index in [0.717, 1.165) is 5.56 Å². The second kappa shape index (κ2) is 9.16. The van der Waals surface area contributed by atoms with Gasteiger partial charge in [-0.15, -0.1) is 6.58 Å². The van der Waals surface area contributed by atoms with Crippen molar-refractivity contribution in [1.29, 1.82) is 0 Å². The molecule has 1 amide bonds. The molecule has 0 saturated heterocycles. The van der Waals surface area contributed by atoms with E-state index in [4.69, 9.17) is 10.8 Å². The average molecular weight is 439 g/mol. The molecule has 0 spiro atoms. The number of nitrogens with zero attached hydrogens (tertiary/aromatic N) is 1. The Balaban J connectivity index is 1.83. The Morgan fingerprint density at radius 3 is 2.50 bits per heavy atom. The lowest BCUT2D eigenvalue weighted by atomic mass is 9.91. The molecule has 32 heavy (non-hydrogen) atoms. The molecular formula is C21H21N5O6. The van der Waals surface area contributed by atoms with Crippen LogP contribution in [-0.2, 0) is 9.59 Å². The number of carbonyl (C=O) groups is 3. The molecule has 0 aliphatic rings. The van der Waals surface area contributed by atoms with Crippen molar-refractivity contribution in [2.45, 2.75) is 24.8 Å². The van der Waals surface area contributed by atoms with Crippen LogP contribution in [0.1, 0.15) is 40.2 Å². The number of amides is 1. The van der Waals surface area contributed by atoms with Gasteiger partial charge in [0.2, 0.25) is 5.95 Å². The number of carboxylic acid groups (broad SMARTS) is 2. The van der Waals surface area contributed by atoms with E-state index >= 15 is 0 Å². The van der Waals surface area contributed by atoms with Crippen LogP contribution in [-0.4, -0.2) is 49.1 Å². The Bertz CT molecular complexity index is 1240. The van der Waals surface area contributed by atoms with Crippen molar-refractivity contribution in [3.8, 4) is 0 Å². The fourth-order valence-corrected chi connectivity index (χ4v) is 3.38. The third-order valence-electron chi connectivity index (χ3n) is 4.94. The van der Waals surface area contributed by atoms with Gasteiger partial charge in [-0.1, -0.05) is 18.2 Å². The van der Waals surface area contributed by atoms with Crippen molar-refractivity contribution in [2.75, 3.05) is 5.73 Å². The number of hydrogen-bond acceptors (Lipinski definition) is 6. The highest BCUT2D eigenvalue weighted by atomic mass is 16.4. The van der Waals surface area contributed by atoms with Crippen molar-refractivity contribution in [3.05, 3.63) is 70.2 Å². The molecule has 3 aromatic rings. The average Bonchev–Trinajstić information content (AvgIpc) is 3.15. The van der Waals surface area contributed by atoms with Crippen molar-refractivity contribution in [2.24, 2.45) is 0 Å². The molecule has 0 fully saturated rings. The monoisotopic (exact) mass is 439 g/mol. The molecule has 11 heteroatoms. The second-order valence-electron chi connectivity index (χ2n) is 7.05. The van der Waals surface area contributed by atoms with Gasteiger partial charge in [0, 0.05) is 24.1 Å². The fraction of sp³-hybridized carbons (Fsp3) is 0.190. The van der Waals surface area contributed by atoms with Crippen molar-refractivity contribution < 1.29 is 24.6 Å². The van der Waals surface area contributed by atoms with E-state index < -0.39 is 35.4 Å². The van der Waals surface area contributed by atoms with Gasteiger partial charge in [-0.05, 0) is 29.7 Å². The molecule has 0 aliphatic carbocycles. The van der Waals surface area contributed by atoms with Gasteiger partial charge in [-0.2, -0.15) is 4.98 Å². The molecular weight excluding hydrogens is 418 g/mol. The topological polar surface area (TPSA) is 191 Å². The molecule has 3 rings (SSSR count). The summed E-state index contributed by atoms with van der Waals surface area (Å²) < 4.78 is 0. The Morgan fingerprint density at radius 1 is 1.22 bits per heavy atom. The van der Waals surface area contributed by atoms with E-state index in [-0.39, 0.29) is 24.4 Å². The minimum atomic E-state index is -1.32. The summed E-state index contributed by atoms with van der Waals surface area (Å²) in [4.78, 5) is 56.2. The first-order valence-electron chi connectivity index (χ1n) is 9.56. The predicted octanol–water partition coefficient (Wildman–Crippen LogP) is 1.20. The highest BCUT2D eigenvalue weighted by molar-refractivity contribution is 5.96. The van der Waals surface area contributed by atoms with Gasteiger partial charge < -0.3 is 26.2 Å². The maximum atomic E-state index is 12.4. The standard InChI is InChI=1S/C21H21N5O6/c1-2-12(13-9-23-17-16(13)19(30)26-21(22)25-17)10-3-5-11(6-4-10)18(29)24-14(20(31)32)7-8-15(27)28/h2-6,9,12,14H,1,7-8H2,(H,24,29)(H,27,28)(H,31,32)(H4,22,23,25,26,30)/t12?,14-/m0/s1. The molecule has 2 heterocycles. The van der Waals surface area contributed by atoms with Gasteiger partial charge in [0.25, 0.3) is 11.5 Å². The van der Waals surface area contributed by atoms with E-state index in [1.165, 1.54) is 12.1 Å². The fourth-order valence-electron chi connectivity index (χ4n) is 3.38. The molecule has 11 nitrogen and oxygen atoms in total. The van der Waals surface area contributed by atoms with Gasteiger partial charge in [0.05, 0.1) is 5.39 Å². The second-order valence-corrected chi connectivity index (χ2v) is 7.05. The van der Waals surface area contributed by atoms with Crippen LogP contribution in [0.15, 0.2) is 47.9 Å². The molecule has 7 N–H and O–H groups in total. The first kappa shape index (κ1) is 22.3. The summed E-state index contributed by atoms with van der Waals surface area (Å²) in [6, 6.07) is 5.01. The molecule has 1 aromatic carbocycles. The summed E-state index contributed by atoms with van der Waals surface area (Å²) in [6.07, 6.45) is 2.65. The number of nitrogens with one attached hydrogen (secondary N) is 3. The van der Waals surface area contributed by atoms with Crippen LogP contribution in [0.25, 0.3) is 11.0 Å². The number of fused-ring (bicyclic) bond motifs is 1. The van der Waals surface area contributed by atoms with Crippen LogP contribution >= 0.6 is 0 Å². The molecule has 2 atom stereocenters. The van der Waals surface area contributed by atoms with Crippen LogP contribution in [0.3, 0.4) is 0 Å². The number of anilines is 1. The summed E-state index contributed by atoms with van der Waals surface area (Å²) in [5.74, 6) is -3.52. The molecule has 2 aromatic heterocycles. The summed E-state index contributed by atoms with van der Waals surface area (Å²) in [5, 5.41) is 20.6. The van der Waals surface area contributed by atoms with Crippen LogP contribution in [0.5, 0.6) is 0 Å². The first-order valence-corrected chi connectivity index (χ1v) is 9.56. The first-order chi connectivity index (χ1) is 15.2. The number of carbonyl (C=O) groups excluding carboxylic acids is 1. The molecule has 166 valence electrons. The van der Waals surface area contributed by atoms with Gasteiger partial charge in [-0.25, -0.2) is 4.79 Å². The van der Waals surface area contributed by atoms with E-state index in [9.17, 15) is 24.3 Å². The van der Waals surface area contributed by atoms with Crippen LogP contribution in [0.4, 0.5) is 5.95 Å². The Labute approximate surface area is 181 Å². The zero-order valence-corrected chi connectivity index (χ0v) is 16.8. The Morgan fingerprint density at radius 2 is 1.91 bits per heavy atom. The number of nitrogen functional groups attached to an aromatic ring is 1. The lowest BCUT2D eigenvalue weighted by molar-refractivity contribution is -0.140. The quantitative estimate of drug-likeness (QED) is 0.268. The number of aromatic amines is 2. The van der Waals surface area contributed by atoms with Gasteiger partial charge in [0.15, 0.2) is 0 Å². The molecule has 0 saturated carbocycles. The molecule has 0 bridgehead atoms. The highest BCUT2D eigenvalue weighted by Gasteiger charge is 2.22. The maximum absolute atomic E-state index is 12.4. The minimum Gasteiger partial charge on any atom is -0.481 e. The largest absolute Gasteiger partial charge is 0.481 e. The zero-order valence-electron chi connectivity index (χ0n) is 16.8. The number of hydrogen-bond donors (Lipinski definition) is 6. The van der Waals surface area contributed by atoms with Crippen molar-refractivity contribution >= 4 is 34.8 Å². The third-order valence-corrected chi connectivity index (χ3v) is 4.94. The van der Waals surface area contributed by atoms with E-state index in [1.807, 2.05) is 0 Å². The zero-order chi connectivity index (χ0) is 23.4. The van der Waals surface area contributed by atoms with Crippen molar-refractivity contribution in [1.82, 2.24) is 20.3 Å². The molecule has 1 unspecified atom stereocenters. The summed E-state index contributed by atoms with van der Waals surface area (Å²) in [6.45, 7) is 3.83. The number of nitrogens with two attached hydrogens (primary N) is 1. The van der Waals surface area contributed by atoms with E-state index in [2.05, 4.69) is 26.8 Å². The number of H-pyrrole nitrogens is 2.